The second kappa shape index (κ2) is 12.7. The number of pyridine rings is 1. The molecule has 2 N–H and O–H groups in total. The van der Waals surface area contributed by atoms with Crippen LogP contribution in [0.2, 0.25) is 0 Å². The summed E-state index contributed by atoms with van der Waals surface area (Å²) in [6, 6.07) is 26.4. The average molecular weight is 567 g/mol. The van der Waals surface area contributed by atoms with Gasteiger partial charge in [0.15, 0.2) is 0 Å². The highest BCUT2D eigenvalue weighted by molar-refractivity contribution is 6.10. The second-order valence-electron chi connectivity index (χ2n) is 10.5. The summed E-state index contributed by atoms with van der Waals surface area (Å²) in [5, 5.41) is 5.32. The lowest BCUT2D eigenvalue weighted by Crippen LogP contribution is -2.62. The maximum atomic E-state index is 14.2. The van der Waals surface area contributed by atoms with Crippen molar-refractivity contribution in [3.8, 4) is 11.3 Å². The molecule has 0 saturated carbocycles. The minimum atomic E-state index is -0.714. The van der Waals surface area contributed by atoms with Crippen LogP contribution in [0.4, 0.5) is 10.5 Å². The van der Waals surface area contributed by atoms with Crippen molar-refractivity contribution in [1.82, 2.24) is 15.7 Å². The molecule has 2 saturated heterocycles. The molecule has 1 aromatic heterocycles. The first-order chi connectivity index (χ1) is 20.6. The van der Waals surface area contributed by atoms with Crippen LogP contribution in [0.1, 0.15) is 28.8 Å². The first-order valence-electron chi connectivity index (χ1n) is 14.3. The molecular formula is C33H34N4O5. The number of hydrogen-bond donors (Lipinski definition) is 2. The molecule has 0 aliphatic carbocycles. The maximum Gasteiger partial charge on any atom is 0.433 e. The van der Waals surface area contributed by atoms with Crippen molar-refractivity contribution in [2.75, 3.05) is 31.9 Å². The number of fused-ring (bicyclic) bond motifs is 1. The van der Waals surface area contributed by atoms with Gasteiger partial charge in [0.05, 0.1) is 42.3 Å². The third-order valence-corrected chi connectivity index (χ3v) is 8.02. The maximum absolute atomic E-state index is 14.2. The molecule has 216 valence electrons. The van der Waals surface area contributed by atoms with E-state index in [-0.39, 0.29) is 18.8 Å². The van der Waals surface area contributed by atoms with Crippen LogP contribution in [0.15, 0.2) is 84.9 Å². The van der Waals surface area contributed by atoms with Gasteiger partial charge in [-0.2, -0.15) is 5.01 Å². The molecule has 6 rings (SSSR count). The normalized spacial score (nSPS) is 18.7. The topological polar surface area (TPSA) is 102 Å². The zero-order chi connectivity index (χ0) is 28.9. The molecule has 2 aliphatic rings. The highest BCUT2D eigenvalue weighted by Crippen LogP contribution is 2.33. The van der Waals surface area contributed by atoms with Gasteiger partial charge in [-0.3, -0.25) is 10.2 Å². The molecule has 2 aliphatic heterocycles. The van der Waals surface area contributed by atoms with Crippen LogP contribution in [-0.2, 0) is 20.8 Å². The quantitative estimate of drug-likeness (QED) is 0.300. The summed E-state index contributed by atoms with van der Waals surface area (Å²) in [5.41, 5.74) is 6.53. The van der Waals surface area contributed by atoms with E-state index < -0.39 is 12.0 Å². The number of nitrogens with one attached hydrogen (secondary N) is 2. The number of hydrogen-bond acceptors (Lipinski definition) is 7. The molecule has 3 aromatic carbocycles. The zero-order valence-electron chi connectivity index (χ0n) is 23.5. The third kappa shape index (κ3) is 5.72. The van der Waals surface area contributed by atoms with Crippen LogP contribution in [0.25, 0.3) is 22.2 Å². The molecular weight excluding hydrogens is 532 g/mol. The predicted molar refractivity (Wildman–Crippen MR) is 160 cm³/mol. The summed E-state index contributed by atoms with van der Waals surface area (Å²) < 4.78 is 17.1. The van der Waals surface area contributed by atoms with Gasteiger partial charge >= 0.3 is 6.09 Å². The van der Waals surface area contributed by atoms with Crippen LogP contribution in [0.5, 0.6) is 0 Å². The van der Waals surface area contributed by atoms with Crippen molar-refractivity contribution in [3.63, 3.8) is 0 Å². The lowest BCUT2D eigenvalue weighted by molar-refractivity contribution is -0.0640. The van der Waals surface area contributed by atoms with Crippen molar-refractivity contribution in [2.24, 2.45) is 5.92 Å². The largest absolute Gasteiger partial charge is 0.451 e. The number of ether oxygens (including phenoxy) is 3. The molecule has 4 aromatic rings. The Kier molecular flexibility index (Phi) is 8.41. The number of anilines is 1. The van der Waals surface area contributed by atoms with Gasteiger partial charge in [-0.05, 0) is 37.0 Å². The monoisotopic (exact) mass is 566 g/mol. The Balaban J connectivity index is 1.40. The Labute approximate surface area is 244 Å². The number of carbonyl (C=O) groups is 2. The fraction of sp³-hybridized carbons (Fsp3) is 0.303. The Morgan fingerprint density at radius 2 is 1.67 bits per heavy atom. The molecule has 9 nitrogen and oxygen atoms in total. The smallest absolute Gasteiger partial charge is 0.433 e. The van der Waals surface area contributed by atoms with Gasteiger partial charge in [-0.25, -0.2) is 9.78 Å². The van der Waals surface area contributed by atoms with Crippen molar-refractivity contribution in [3.05, 3.63) is 96.1 Å². The Hall–Kier alpha value is -4.31. The molecule has 0 radical (unpaired) electrons. The number of carbonyl (C=O) groups excluding carboxylic acids is 2. The average Bonchev–Trinajstić information content (AvgIpc) is 3.03. The highest BCUT2D eigenvalue weighted by Gasteiger charge is 2.38. The summed E-state index contributed by atoms with van der Waals surface area (Å²) >= 11 is 0. The van der Waals surface area contributed by atoms with Crippen LogP contribution >= 0.6 is 0 Å². The molecule has 0 bridgehead atoms. The van der Waals surface area contributed by atoms with Gasteiger partial charge in [-0.15, -0.1) is 0 Å². The standard InChI is InChI=1S/C33H34N4O5/c1-40-33(39)37(24-12-6-3-7-13-24)36-32(38)29-25-14-8-9-15-27(25)35-30(22-10-4-2-5-11-22)26(29)21-42-28-20-34-31(28)23-16-18-41-19-17-23/h2-15,23,28,31,34H,16-21H2,1H3,(H,36,38). The predicted octanol–water partition coefficient (Wildman–Crippen LogP) is 5.10. The molecule has 2 unspecified atom stereocenters. The lowest BCUT2D eigenvalue weighted by atomic mass is 9.84. The van der Waals surface area contributed by atoms with Crippen molar-refractivity contribution in [1.29, 1.82) is 0 Å². The van der Waals surface area contributed by atoms with Gasteiger partial charge in [0.1, 0.15) is 0 Å². The van der Waals surface area contributed by atoms with E-state index in [2.05, 4.69) is 10.7 Å². The van der Waals surface area contributed by atoms with Gasteiger partial charge in [0.25, 0.3) is 5.91 Å². The molecule has 9 heteroatoms. The molecule has 2 fully saturated rings. The van der Waals surface area contributed by atoms with E-state index in [1.807, 2.05) is 60.7 Å². The number of aromatic nitrogens is 1. The Morgan fingerprint density at radius 3 is 2.36 bits per heavy atom. The number of benzene rings is 3. The van der Waals surface area contributed by atoms with E-state index in [1.165, 1.54) is 7.11 Å². The van der Waals surface area contributed by atoms with E-state index in [0.29, 0.717) is 39.3 Å². The molecule has 3 heterocycles. The minimum absolute atomic E-state index is 0.00925. The van der Waals surface area contributed by atoms with E-state index in [1.54, 1.807) is 24.3 Å². The van der Waals surface area contributed by atoms with Crippen molar-refractivity contribution >= 4 is 28.6 Å². The number of rotatable bonds is 7. The Morgan fingerprint density at radius 1 is 0.976 bits per heavy atom. The van der Waals surface area contributed by atoms with Crippen molar-refractivity contribution in [2.45, 2.75) is 31.6 Å². The third-order valence-electron chi connectivity index (χ3n) is 8.02. The first-order valence-corrected chi connectivity index (χ1v) is 14.3. The van der Waals surface area contributed by atoms with Crippen molar-refractivity contribution < 1.29 is 23.8 Å². The molecule has 42 heavy (non-hydrogen) atoms. The van der Waals surface area contributed by atoms with Crippen LogP contribution in [0, 0.1) is 5.92 Å². The van der Waals surface area contributed by atoms with Gasteiger partial charge in [0.2, 0.25) is 0 Å². The number of nitrogens with zero attached hydrogens (tertiary/aromatic N) is 2. The SMILES string of the molecule is COC(=O)N(NC(=O)c1c(COC2CNC2C2CCOCC2)c(-c2ccccc2)nc2ccccc12)c1ccccc1. The number of amides is 2. The van der Waals surface area contributed by atoms with Crippen LogP contribution in [-0.4, -0.2) is 56.0 Å². The molecule has 2 atom stereocenters. The van der Waals surface area contributed by atoms with Gasteiger partial charge in [-0.1, -0.05) is 66.7 Å². The van der Waals surface area contributed by atoms with E-state index in [4.69, 9.17) is 19.2 Å². The lowest BCUT2D eigenvalue weighted by Gasteiger charge is -2.44. The summed E-state index contributed by atoms with van der Waals surface area (Å²) in [5.74, 6) is 0.0226. The van der Waals surface area contributed by atoms with E-state index in [0.717, 1.165) is 43.2 Å². The van der Waals surface area contributed by atoms with E-state index >= 15 is 0 Å². The summed E-state index contributed by atoms with van der Waals surface area (Å²) in [7, 11) is 1.28. The highest BCUT2D eigenvalue weighted by atomic mass is 16.5. The van der Waals surface area contributed by atoms with Crippen LogP contribution in [0.3, 0.4) is 0 Å². The number of hydrazine groups is 1. The number of para-hydroxylation sites is 2. The minimum Gasteiger partial charge on any atom is -0.451 e. The van der Waals surface area contributed by atoms with Gasteiger partial charge < -0.3 is 19.5 Å². The summed E-state index contributed by atoms with van der Waals surface area (Å²) in [4.78, 5) is 32.0. The second-order valence-corrected chi connectivity index (χ2v) is 10.5. The fourth-order valence-corrected chi connectivity index (χ4v) is 5.78. The molecule has 2 amide bonds. The van der Waals surface area contributed by atoms with E-state index in [9.17, 15) is 9.59 Å². The summed E-state index contributed by atoms with van der Waals surface area (Å²) in [6.07, 6.45) is 1.30. The first kappa shape index (κ1) is 27.8. The van der Waals surface area contributed by atoms with Gasteiger partial charge in [0, 0.05) is 42.3 Å². The Bertz CT molecular complexity index is 1540. The number of methoxy groups -OCH3 is 1. The zero-order valence-corrected chi connectivity index (χ0v) is 23.5. The molecule has 0 spiro atoms. The fourth-order valence-electron chi connectivity index (χ4n) is 5.78. The van der Waals surface area contributed by atoms with Crippen LogP contribution < -0.4 is 15.8 Å². The summed E-state index contributed by atoms with van der Waals surface area (Å²) in [6.45, 7) is 2.46.